The van der Waals surface area contributed by atoms with Crippen LogP contribution in [-0.2, 0) is 0 Å². The molecule has 0 radical (unpaired) electrons. The molecule has 0 amide bonds. The Balaban J connectivity index is 3.59. The second-order valence-corrected chi connectivity index (χ2v) is 2.51. The van der Waals surface area contributed by atoms with E-state index in [1.54, 1.807) is 6.92 Å². The summed E-state index contributed by atoms with van der Waals surface area (Å²) >= 11 is 0. The van der Waals surface area contributed by atoms with Crippen molar-refractivity contribution in [2.75, 3.05) is 13.3 Å². The molecule has 12 heavy (non-hydrogen) atoms. The summed E-state index contributed by atoms with van der Waals surface area (Å²) in [5, 5.41) is 2.55. The SMILES string of the molecule is CC(CF)NCN=C(F)C(C)F. The van der Waals surface area contributed by atoms with Crippen LogP contribution in [0, 0.1) is 0 Å². The summed E-state index contributed by atoms with van der Waals surface area (Å²) in [5.41, 5.74) is 0. The highest BCUT2D eigenvalue weighted by molar-refractivity contribution is 5.78. The quantitative estimate of drug-likeness (QED) is 0.642. The van der Waals surface area contributed by atoms with E-state index in [2.05, 4.69) is 10.3 Å². The largest absolute Gasteiger partial charge is 0.293 e. The molecule has 0 spiro atoms. The summed E-state index contributed by atoms with van der Waals surface area (Å²) in [5.74, 6) is -1.06. The fourth-order valence-corrected chi connectivity index (χ4v) is 0.457. The normalized spacial score (nSPS) is 17.6. The first kappa shape index (κ1) is 11.4. The van der Waals surface area contributed by atoms with Crippen LogP contribution in [0.15, 0.2) is 4.99 Å². The van der Waals surface area contributed by atoms with Gasteiger partial charge >= 0.3 is 0 Å². The van der Waals surface area contributed by atoms with Crippen LogP contribution in [0.3, 0.4) is 0 Å². The van der Waals surface area contributed by atoms with E-state index >= 15 is 0 Å². The first-order valence-corrected chi connectivity index (χ1v) is 3.71. The van der Waals surface area contributed by atoms with Crippen molar-refractivity contribution in [3.8, 4) is 0 Å². The van der Waals surface area contributed by atoms with E-state index in [0.29, 0.717) is 0 Å². The number of hydrogen-bond donors (Lipinski definition) is 1. The first-order valence-electron chi connectivity index (χ1n) is 3.71. The van der Waals surface area contributed by atoms with Gasteiger partial charge < -0.3 is 0 Å². The minimum absolute atomic E-state index is 0.0921. The summed E-state index contributed by atoms with van der Waals surface area (Å²) in [6.07, 6.45) is -1.69. The smallest absolute Gasteiger partial charge is 0.220 e. The Morgan fingerprint density at radius 3 is 2.50 bits per heavy atom. The van der Waals surface area contributed by atoms with Gasteiger partial charge in [-0.25, -0.2) is 13.8 Å². The van der Waals surface area contributed by atoms with E-state index in [1.165, 1.54) is 0 Å². The van der Waals surface area contributed by atoms with Gasteiger partial charge in [0.25, 0.3) is 0 Å². The molecule has 0 aromatic heterocycles. The van der Waals surface area contributed by atoms with Gasteiger partial charge in [-0.15, -0.1) is 0 Å². The Hall–Kier alpha value is -0.580. The molecule has 0 aromatic carbocycles. The van der Waals surface area contributed by atoms with Crippen LogP contribution in [0.2, 0.25) is 0 Å². The van der Waals surface area contributed by atoms with Crippen LogP contribution in [0.5, 0.6) is 0 Å². The third-order valence-corrected chi connectivity index (χ3v) is 1.23. The number of halogens is 3. The molecule has 0 rings (SSSR count). The minimum Gasteiger partial charge on any atom is -0.293 e. The number of alkyl halides is 2. The summed E-state index contributed by atoms with van der Waals surface area (Å²) in [6, 6.07) is -0.378. The molecule has 5 heteroatoms. The third kappa shape index (κ3) is 5.12. The Morgan fingerprint density at radius 2 is 2.08 bits per heavy atom. The lowest BCUT2D eigenvalue weighted by Crippen LogP contribution is -2.28. The van der Waals surface area contributed by atoms with Crippen LogP contribution < -0.4 is 5.32 Å². The maximum Gasteiger partial charge on any atom is 0.220 e. The van der Waals surface area contributed by atoms with Crippen molar-refractivity contribution in [3.63, 3.8) is 0 Å². The average molecular weight is 182 g/mol. The number of aliphatic imine (C=N–C) groups is 1. The zero-order valence-electron chi connectivity index (χ0n) is 7.15. The lowest BCUT2D eigenvalue weighted by atomic mass is 10.4. The molecule has 72 valence electrons. The zero-order chi connectivity index (χ0) is 9.56. The summed E-state index contributed by atoms with van der Waals surface area (Å²) in [7, 11) is 0. The van der Waals surface area contributed by atoms with Gasteiger partial charge in [0.15, 0.2) is 6.17 Å². The predicted molar refractivity (Wildman–Crippen MR) is 42.6 cm³/mol. The van der Waals surface area contributed by atoms with Crippen molar-refractivity contribution in [3.05, 3.63) is 0 Å². The number of rotatable bonds is 5. The molecule has 0 bridgehead atoms. The molecule has 0 saturated heterocycles. The summed E-state index contributed by atoms with van der Waals surface area (Å²) in [4.78, 5) is 3.21. The molecule has 0 heterocycles. The van der Waals surface area contributed by atoms with Crippen LogP contribution in [-0.4, -0.2) is 31.5 Å². The van der Waals surface area contributed by atoms with Gasteiger partial charge in [0.1, 0.15) is 6.67 Å². The molecule has 0 fully saturated rings. The molecule has 2 unspecified atom stereocenters. The fraction of sp³-hybridized carbons (Fsp3) is 0.857. The first-order chi connectivity index (χ1) is 5.57. The van der Waals surface area contributed by atoms with Crippen molar-refractivity contribution >= 4 is 5.97 Å². The zero-order valence-corrected chi connectivity index (χ0v) is 7.15. The molecule has 0 aromatic rings. The number of nitrogens with one attached hydrogen (secondary N) is 1. The topological polar surface area (TPSA) is 24.4 Å². The Bertz CT molecular complexity index is 148. The molecule has 2 nitrogen and oxygen atoms in total. The van der Waals surface area contributed by atoms with Crippen molar-refractivity contribution in [2.24, 2.45) is 4.99 Å². The second-order valence-electron chi connectivity index (χ2n) is 2.51. The number of nitrogens with zero attached hydrogens (tertiary/aromatic N) is 1. The standard InChI is InChI=1S/C7H13F3N2/c1-5(3-8)11-4-12-7(10)6(2)9/h5-6,11H,3-4H2,1-2H3. The lowest BCUT2D eigenvalue weighted by Gasteiger charge is -2.06. The van der Waals surface area contributed by atoms with Gasteiger partial charge in [-0.05, 0) is 13.8 Å². The maximum atomic E-state index is 12.3. The summed E-state index contributed by atoms with van der Waals surface area (Å²) in [6.45, 7) is 2.00. The fourth-order valence-electron chi connectivity index (χ4n) is 0.457. The van der Waals surface area contributed by atoms with Crippen molar-refractivity contribution in [1.82, 2.24) is 5.32 Å². The van der Waals surface area contributed by atoms with Crippen LogP contribution in [0.1, 0.15) is 13.8 Å². The van der Waals surface area contributed by atoms with E-state index < -0.39 is 18.8 Å². The maximum absolute atomic E-state index is 12.3. The van der Waals surface area contributed by atoms with Crippen LogP contribution in [0.25, 0.3) is 0 Å². The second kappa shape index (κ2) is 5.99. The van der Waals surface area contributed by atoms with E-state index in [9.17, 15) is 13.2 Å². The van der Waals surface area contributed by atoms with E-state index in [0.717, 1.165) is 6.92 Å². The molecule has 0 aliphatic rings. The molecule has 0 aliphatic heterocycles. The molecule has 0 saturated carbocycles. The predicted octanol–water partition coefficient (Wildman–Crippen LogP) is 1.62. The van der Waals surface area contributed by atoms with E-state index in [1.807, 2.05) is 0 Å². The van der Waals surface area contributed by atoms with Gasteiger partial charge in [-0.3, -0.25) is 5.32 Å². The van der Waals surface area contributed by atoms with E-state index in [-0.39, 0.29) is 12.7 Å². The van der Waals surface area contributed by atoms with Gasteiger partial charge in [0, 0.05) is 6.04 Å². The average Bonchev–Trinajstić information content (AvgIpc) is 2.03. The third-order valence-electron chi connectivity index (χ3n) is 1.23. The highest BCUT2D eigenvalue weighted by Gasteiger charge is 2.06. The molecule has 2 atom stereocenters. The molecule has 1 N–H and O–H groups in total. The minimum atomic E-state index is -1.69. The Morgan fingerprint density at radius 1 is 1.50 bits per heavy atom. The Labute approximate surface area is 69.9 Å². The van der Waals surface area contributed by atoms with Gasteiger partial charge in [0.05, 0.1) is 6.67 Å². The Kier molecular flexibility index (Phi) is 5.70. The van der Waals surface area contributed by atoms with E-state index in [4.69, 9.17) is 0 Å². The molecular weight excluding hydrogens is 169 g/mol. The highest BCUT2D eigenvalue weighted by atomic mass is 19.2. The van der Waals surface area contributed by atoms with Gasteiger partial charge in [-0.2, -0.15) is 4.39 Å². The monoisotopic (exact) mass is 182 g/mol. The highest BCUT2D eigenvalue weighted by Crippen LogP contribution is 1.94. The lowest BCUT2D eigenvalue weighted by molar-refractivity contribution is 0.392. The number of hydrogen-bond acceptors (Lipinski definition) is 2. The molecular formula is C7H13F3N2. The summed E-state index contributed by atoms with van der Waals surface area (Å²) < 4.78 is 36.2. The van der Waals surface area contributed by atoms with Crippen molar-refractivity contribution in [1.29, 1.82) is 0 Å². The van der Waals surface area contributed by atoms with Crippen LogP contribution >= 0.6 is 0 Å². The molecule has 0 aliphatic carbocycles. The van der Waals surface area contributed by atoms with Crippen molar-refractivity contribution < 1.29 is 13.2 Å². The van der Waals surface area contributed by atoms with Crippen LogP contribution in [0.4, 0.5) is 13.2 Å². The van der Waals surface area contributed by atoms with Gasteiger partial charge in [-0.1, -0.05) is 0 Å². The van der Waals surface area contributed by atoms with Gasteiger partial charge in [0.2, 0.25) is 5.97 Å². The van der Waals surface area contributed by atoms with Crippen molar-refractivity contribution in [2.45, 2.75) is 26.1 Å².